The first-order valence-electron chi connectivity index (χ1n) is 5.40. The highest BCUT2D eigenvalue weighted by Crippen LogP contribution is 2.41. The van der Waals surface area contributed by atoms with Crippen molar-refractivity contribution in [3.63, 3.8) is 0 Å². The van der Waals surface area contributed by atoms with E-state index >= 15 is 0 Å². The van der Waals surface area contributed by atoms with Crippen molar-refractivity contribution in [1.82, 2.24) is 0 Å². The van der Waals surface area contributed by atoms with Crippen LogP contribution in [0.1, 0.15) is 38.2 Å². The predicted molar refractivity (Wildman–Crippen MR) is 60.6 cm³/mol. The summed E-state index contributed by atoms with van der Waals surface area (Å²) in [6, 6.07) is 2.12. The molecule has 1 fully saturated rings. The smallest absolute Gasteiger partial charge is 0.0634 e. The molecule has 1 heterocycles. The number of thiophene rings is 1. The van der Waals surface area contributed by atoms with Crippen LogP contribution in [0.2, 0.25) is 0 Å². The van der Waals surface area contributed by atoms with Crippen molar-refractivity contribution >= 4 is 11.3 Å². The number of aliphatic hydroxyl groups is 1. The zero-order valence-corrected chi connectivity index (χ0v) is 9.52. The molecule has 1 nitrogen and oxygen atoms in total. The zero-order valence-electron chi connectivity index (χ0n) is 8.70. The molecule has 0 aliphatic heterocycles. The van der Waals surface area contributed by atoms with Gasteiger partial charge in [-0.2, -0.15) is 11.3 Å². The third-order valence-electron chi connectivity index (χ3n) is 3.56. The molecule has 1 saturated carbocycles. The van der Waals surface area contributed by atoms with Crippen molar-refractivity contribution in [1.29, 1.82) is 0 Å². The Morgan fingerprint density at radius 3 is 2.79 bits per heavy atom. The molecule has 2 heteroatoms. The standard InChI is InChI=1S/C12H18OS/c1-12(5-2-3-6-12)11(13)8-10-4-7-14-9-10/h4,7,9,11,13H,2-3,5-6,8H2,1H3. The fourth-order valence-corrected chi connectivity index (χ4v) is 3.08. The summed E-state index contributed by atoms with van der Waals surface area (Å²) in [7, 11) is 0. The second kappa shape index (κ2) is 4.03. The van der Waals surface area contributed by atoms with Crippen LogP contribution in [0, 0.1) is 5.41 Å². The Balaban J connectivity index is 1.98. The van der Waals surface area contributed by atoms with Gasteiger partial charge < -0.3 is 5.11 Å². The van der Waals surface area contributed by atoms with Crippen LogP contribution < -0.4 is 0 Å². The minimum Gasteiger partial charge on any atom is -0.392 e. The summed E-state index contributed by atoms with van der Waals surface area (Å²) in [6.07, 6.45) is 5.64. The first-order valence-corrected chi connectivity index (χ1v) is 6.34. The number of aliphatic hydroxyl groups excluding tert-OH is 1. The van der Waals surface area contributed by atoms with Gasteiger partial charge in [-0.1, -0.05) is 19.8 Å². The van der Waals surface area contributed by atoms with E-state index in [-0.39, 0.29) is 11.5 Å². The highest BCUT2D eigenvalue weighted by molar-refractivity contribution is 7.07. The molecule has 1 aromatic heterocycles. The van der Waals surface area contributed by atoms with Crippen molar-refractivity contribution in [2.75, 3.05) is 0 Å². The Labute approximate surface area is 89.8 Å². The Hall–Kier alpha value is -0.340. The second-order valence-corrected chi connectivity index (χ2v) is 5.49. The van der Waals surface area contributed by atoms with Gasteiger partial charge in [-0.05, 0) is 47.1 Å². The van der Waals surface area contributed by atoms with Crippen LogP contribution in [0.25, 0.3) is 0 Å². The van der Waals surface area contributed by atoms with Crippen LogP contribution in [-0.2, 0) is 6.42 Å². The quantitative estimate of drug-likeness (QED) is 0.812. The third-order valence-corrected chi connectivity index (χ3v) is 4.29. The monoisotopic (exact) mass is 210 g/mol. The van der Waals surface area contributed by atoms with Gasteiger partial charge in [0.05, 0.1) is 6.10 Å². The molecule has 78 valence electrons. The van der Waals surface area contributed by atoms with Crippen LogP contribution in [0.5, 0.6) is 0 Å². The van der Waals surface area contributed by atoms with Crippen molar-refractivity contribution < 1.29 is 5.11 Å². The minimum atomic E-state index is -0.153. The van der Waals surface area contributed by atoms with E-state index in [0.29, 0.717) is 0 Å². The van der Waals surface area contributed by atoms with E-state index in [4.69, 9.17) is 0 Å². The van der Waals surface area contributed by atoms with E-state index in [9.17, 15) is 5.11 Å². The molecule has 0 spiro atoms. The van der Waals surface area contributed by atoms with Crippen LogP contribution in [0.4, 0.5) is 0 Å². The molecule has 1 N–H and O–H groups in total. The van der Waals surface area contributed by atoms with Gasteiger partial charge in [0.2, 0.25) is 0 Å². The van der Waals surface area contributed by atoms with Crippen LogP contribution >= 0.6 is 11.3 Å². The first-order chi connectivity index (χ1) is 6.71. The molecule has 1 aromatic rings. The minimum absolute atomic E-state index is 0.153. The van der Waals surface area contributed by atoms with Gasteiger partial charge in [0.1, 0.15) is 0 Å². The summed E-state index contributed by atoms with van der Waals surface area (Å²) in [5, 5.41) is 14.4. The number of rotatable bonds is 3. The maximum atomic E-state index is 10.2. The Kier molecular flexibility index (Phi) is 2.93. The molecular weight excluding hydrogens is 192 g/mol. The maximum Gasteiger partial charge on any atom is 0.0634 e. The summed E-state index contributed by atoms with van der Waals surface area (Å²) in [4.78, 5) is 0. The second-order valence-electron chi connectivity index (χ2n) is 4.71. The highest BCUT2D eigenvalue weighted by atomic mass is 32.1. The van der Waals surface area contributed by atoms with Crippen molar-refractivity contribution in [2.24, 2.45) is 5.41 Å². The summed E-state index contributed by atoms with van der Waals surface area (Å²) < 4.78 is 0. The lowest BCUT2D eigenvalue weighted by molar-refractivity contribution is 0.0424. The number of hydrogen-bond donors (Lipinski definition) is 1. The topological polar surface area (TPSA) is 20.2 Å². The van der Waals surface area contributed by atoms with E-state index in [1.807, 2.05) is 0 Å². The molecule has 2 rings (SSSR count). The van der Waals surface area contributed by atoms with Gasteiger partial charge in [0.25, 0.3) is 0 Å². The van der Waals surface area contributed by atoms with E-state index in [1.54, 1.807) is 11.3 Å². The van der Waals surface area contributed by atoms with Crippen LogP contribution in [0.3, 0.4) is 0 Å². The lowest BCUT2D eigenvalue weighted by atomic mass is 9.80. The van der Waals surface area contributed by atoms with Gasteiger partial charge in [-0.3, -0.25) is 0 Å². The van der Waals surface area contributed by atoms with Crippen molar-refractivity contribution in [3.05, 3.63) is 22.4 Å². The molecule has 1 unspecified atom stereocenters. The van der Waals surface area contributed by atoms with Crippen molar-refractivity contribution in [2.45, 2.75) is 45.1 Å². The van der Waals surface area contributed by atoms with Gasteiger partial charge in [0, 0.05) is 0 Å². The SMILES string of the molecule is CC1(C(O)Cc2ccsc2)CCCC1. The molecule has 1 aliphatic rings. The average molecular weight is 210 g/mol. The Bertz CT molecular complexity index is 273. The molecule has 14 heavy (non-hydrogen) atoms. The average Bonchev–Trinajstić information content (AvgIpc) is 2.76. The third kappa shape index (κ3) is 2.01. The van der Waals surface area contributed by atoms with Gasteiger partial charge in [-0.25, -0.2) is 0 Å². The fourth-order valence-electron chi connectivity index (χ4n) is 2.39. The van der Waals surface area contributed by atoms with Crippen molar-refractivity contribution in [3.8, 4) is 0 Å². The summed E-state index contributed by atoms with van der Waals surface area (Å²) in [6.45, 7) is 2.23. The van der Waals surface area contributed by atoms with E-state index in [0.717, 1.165) is 6.42 Å². The molecule has 0 aromatic carbocycles. The summed E-state index contributed by atoms with van der Waals surface area (Å²) >= 11 is 1.71. The Morgan fingerprint density at radius 1 is 1.50 bits per heavy atom. The largest absolute Gasteiger partial charge is 0.392 e. The normalized spacial score (nSPS) is 22.4. The van der Waals surface area contributed by atoms with Crippen LogP contribution in [-0.4, -0.2) is 11.2 Å². The first kappa shape index (κ1) is 10.2. The highest BCUT2D eigenvalue weighted by Gasteiger charge is 2.35. The van der Waals surface area contributed by atoms with Gasteiger partial charge in [-0.15, -0.1) is 0 Å². The van der Waals surface area contributed by atoms with Gasteiger partial charge >= 0.3 is 0 Å². The molecule has 0 bridgehead atoms. The maximum absolute atomic E-state index is 10.2. The van der Waals surface area contributed by atoms with E-state index in [2.05, 4.69) is 23.8 Å². The molecule has 1 atom stereocenters. The number of hydrogen-bond acceptors (Lipinski definition) is 2. The molecule has 0 radical (unpaired) electrons. The molecule has 1 aliphatic carbocycles. The van der Waals surface area contributed by atoms with E-state index in [1.165, 1.54) is 31.2 Å². The predicted octanol–water partition coefficient (Wildman–Crippen LogP) is 3.23. The Morgan fingerprint density at radius 2 is 2.21 bits per heavy atom. The van der Waals surface area contributed by atoms with E-state index < -0.39 is 0 Å². The zero-order chi connectivity index (χ0) is 10.0. The van der Waals surface area contributed by atoms with Crippen LogP contribution in [0.15, 0.2) is 16.8 Å². The molecule has 0 saturated heterocycles. The lowest BCUT2D eigenvalue weighted by Crippen LogP contribution is -2.31. The molecule has 0 amide bonds. The lowest BCUT2D eigenvalue weighted by Gasteiger charge is -2.29. The summed E-state index contributed by atoms with van der Waals surface area (Å²) in [5.74, 6) is 0. The summed E-state index contributed by atoms with van der Waals surface area (Å²) in [5.41, 5.74) is 1.47. The van der Waals surface area contributed by atoms with Gasteiger partial charge in [0.15, 0.2) is 0 Å². The fraction of sp³-hybridized carbons (Fsp3) is 0.667. The molecular formula is C12H18OS.